The summed E-state index contributed by atoms with van der Waals surface area (Å²) in [5.74, 6) is -1.95. The molecule has 0 aliphatic heterocycles. The van der Waals surface area contributed by atoms with Crippen LogP contribution in [0.3, 0.4) is 0 Å². The average Bonchev–Trinajstić information content (AvgIpc) is 2.85. The quantitative estimate of drug-likeness (QED) is 0.390. The number of phenolic OH excluding ortho intramolecular Hbond substituents is 2. The van der Waals surface area contributed by atoms with Crippen molar-refractivity contribution in [3.8, 4) is 11.5 Å². The number of ketones is 2. The van der Waals surface area contributed by atoms with Crippen molar-refractivity contribution >= 4 is 11.6 Å². The highest BCUT2D eigenvalue weighted by Gasteiger charge is 2.28. The maximum absolute atomic E-state index is 13.2. The normalized spacial score (nSPS) is 11.7. The van der Waals surface area contributed by atoms with Gasteiger partial charge in [-0.3, -0.25) is 9.59 Å². The molecular weight excluding hydrogens is 400 g/mol. The molecule has 1 unspecified atom stereocenters. The SMILES string of the molecule is CC(c1ccccc1)c1c(O)c(C(=O)c2ccccc2)cc(C(=O)c2ccccc2)c1O. The second-order valence-corrected chi connectivity index (χ2v) is 7.61. The lowest BCUT2D eigenvalue weighted by Gasteiger charge is -2.20. The fraction of sp³-hybridized carbons (Fsp3) is 0.0714. The topological polar surface area (TPSA) is 74.6 Å². The third kappa shape index (κ3) is 3.91. The largest absolute Gasteiger partial charge is 0.507 e. The number of rotatable bonds is 6. The van der Waals surface area contributed by atoms with Crippen molar-refractivity contribution in [3.05, 3.63) is 130 Å². The Hall–Kier alpha value is -4.18. The monoisotopic (exact) mass is 422 g/mol. The van der Waals surface area contributed by atoms with E-state index in [9.17, 15) is 19.8 Å². The third-order valence-electron chi connectivity index (χ3n) is 5.60. The second kappa shape index (κ2) is 8.90. The Labute approximate surface area is 186 Å². The highest BCUT2D eigenvalue weighted by atomic mass is 16.3. The van der Waals surface area contributed by atoms with E-state index in [2.05, 4.69) is 0 Å². The van der Waals surface area contributed by atoms with Crippen molar-refractivity contribution in [2.45, 2.75) is 12.8 Å². The molecule has 32 heavy (non-hydrogen) atoms. The summed E-state index contributed by atoms with van der Waals surface area (Å²) in [4.78, 5) is 26.5. The van der Waals surface area contributed by atoms with Crippen molar-refractivity contribution < 1.29 is 19.8 Å². The number of aromatic hydroxyl groups is 2. The summed E-state index contributed by atoms with van der Waals surface area (Å²) in [6, 6.07) is 27.7. The Balaban J connectivity index is 1.94. The maximum Gasteiger partial charge on any atom is 0.196 e. The molecule has 0 fully saturated rings. The van der Waals surface area contributed by atoms with Crippen molar-refractivity contribution in [3.63, 3.8) is 0 Å². The Bertz CT molecular complexity index is 1190. The van der Waals surface area contributed by atoms with E-state index in [0.29, 0.717) is 11.1 Å². The van der Waals surface area contributed by atoms with Crippen LogP contribution in [0.25, 0.3) is 0 Å². The van der Waals surface area contributed by atoms with Gasteiger partial charge in [0.05, 0.1) is 11.1 Å². The van der Waals surface area contributed by atoms with E-state index >= 15 is 0 Å². The first-order chi connectivity index (χ1) is 15.5. The first-order valence-electron chi connectivity index (χ1n) is 10.3. The summed E-state index contributed by atoms with van der Waals surface area (Å²) in [7, 11) is 0. The van der Waals surface area contributed by atoms with Crippen molar-refractivity contribution in [2.24, 2.45) is 0 Å². The molecular formula is C28H22O4. The Morgan fingerprint density at radius 2 is 1.00 bits per heavy atom. The van der Waals surface area contributed by atoms with Gasteiger partial charge >= 0.3 is 0 Å². The van der Waals surface area contributed by atoms with Crippen LogP contribution in [0.1, 0.15) is 55.8 Å². The number of benzene rings is 4. The van der Waals surface area contributed by atoms with Crippen LogP contribution in [0.5, 0.6) is 11.5 Å². The molecule has 158 valence electrons. The molecule has 4 heteroatoms. The summed E-state index contributed by atoms with van der Waals surface area (Å²) < 4.78 is 0. The van der Waals surface area contributed by atoms with Crippen LogP contribution in [0.2, 0.25) is 0 Å². The molecule has 0 aromatic heterocycles. The minimum atomic E-state index is -0.456. The molecule has 4 rings (SSSR count). The standard InChI is InChI=1S/C28H22O4/c1-18(19-11-5-2-6-12-19)24-27(31)22(25(29)20-13-7-3-8-14-20)17-23(28(24)32)26(30)21-15-9-4-10-16-21/h2-18,31-32H,1H3. The van der Waals surface area contributed by atoms with Crippen LogP contribution in [0.15, 0.2) is 97.1 Å². The fourth-order valence-electron chi connectivity index (χ4n) is 3.84. The number of hydrogen-bond donors (Lipinski definition) is 2. The van der Waals surface area contributed by atoms with Gasteiger partial charge in [0.15, 0.2) is 11.6 Å². The lowest BCUT2D eigenvalue weighted by atomic mass is 9.85. The first kappa shape index (κ1) is 21.1. The van der Waals surface area contributed by atoms with E-state index in [-0.39, 0.29) is 28.2 Å². The smallest absolute Gasteiger partial charge is 0.196 e. The lowest BCUT2D eigenvalue weighted by molar-refractivity contribution is 0.103. The van der Waals surface area contributed by atoms with Crippen LogP contribution < -0.4 is 0 Å². The highest BCUT2D eigenvalue weighted by molar-refractivity contribution is 6.16. The zero-order valence-electron chi connectivity index (χ0n) is 17.5. The van der Waals surface area contributed by atoms with Gasteiger partial charge in [-0.05, 0) is 11.6 Å². The number of hydrogen-bond acceptors (Lipinski definition) is 4. The predicted octanol–water partition coefficient (Wildman–Crippen LogP) is 5.71. The first-order valence-corrected chi connectivity index (χ1v) is 10.3. The predicted molar refractivity (Wildman–Crippen MR) is 123 cm³/mol. The van der Waals surface area contributed by atoms with Gasteiger partial charge < -0.3 is 10.2 Å². The zero-order chi connectivity index (χ0) is 22.7. The minimum Gasteiger partial charge on any atom is -0.507 e. The Morgan fingerprint density at radius 3 is 1.41 bits per heavy atom. The number of carbonyl (C=O) groups excluding carboxylic acids is 2. The van der Waals surface area contributed by atoms with Crippen LogP contribution >= 0.6 is 0 Å². The molecule has 4 nitrogen and oxygen atoms in total. The lowest BCUT2D eigenvalue weighted by Crippen LogP contribution is -2.10. The van der Waals surface area contributed by atoms with Crippen LogP contribution in [0.4, 0.5) is 0 Å². The minimum absolute atomic E-state index is 0.0222. The molecule has 1 atom stereocenters. The molecule has 0 saturated heterocycles. The fourth-order valence-corrected chi connectivity index (χ4v) is 3.84. The van der Waals surface area contributed by atoms with Gasteiger partial charge in [-0.15, -0.1) is 0 Å². The van der Waals surface area contributed by atoms with Crippen LogP contribution in [-0.2, 0) is 0 Å². The molecule has 0 spiro atoms. The average molecular weight is 422 g/mol. The summed E-state index contributed by atoms with van der Waals surface area (Å²) >= 11 is 0. The van der Waals surface area contributed by atoms with E-state index in [1.165, 1.54) is 6.07 Å². The Kier molecular flexibility index (Phi) is 5.86. The summed E-state index contributed by atoms with van der Waals surface area (Å²) in [5, 5.41) is 22.2. The van der Waals surface area contributed by atoms with Gasteiger partial charge in [0.25, 0.3) is 0 Å². The van der Waals surface area contributed by atoms with Gasteiger partial charge in [-0.25, -0.2) is 0 Å². The van der Waals surface area contributed by atoms with E-state index in [0.717, 1.165) is 5.56 Å². The second-order valence-electron chi connectivity index (χ2n) is 7.61. The zero-order valence-corrected chi connectivity index (χ0v) is 17.5. The molecule has 4 aromatic carbocycles. The number of phenols is 2. The van der Waals surface area contributed by atoms with Crippen LogP contribution in [0, 0.1) is 0 Å². The van der Waals surface area contributed by atoms with Crippen molar-refractivity contribution in [2.75, 3.05) is 0 Å². The highest BCUT2D eigenvalue weighted by Crippen LogP contribution is 2.43. The third-order valence-corrected chi connectivity index (χ3v) is 5.60. The number of carbonyl (C=O) groups is 2. The maximum atomic E-state index is 13.2. The summed E-state index contributed by atoms with van der Waals surface area (Å²) in [6.07, 6.45) is 0. The van der Waals surface area contributed by atoms with Gasteiger partial charge in [-0.1, -0.05) is 97.9 Å². The van der Waals surface area contributed by atoms with Gasteiger partial charge in [-0.2, -0.15) is 0 Å². The van der Waals surface area contributed by atoms with Gasteiger partial charge in [0.2, 0.25) is 0 Å². The Morgan fingerprint density at radius 1 is 0.625 bits per heavy atom. The van der Waals surface area contributed by atoms with Crippen LogP contribution in [-0.4, -0.2) is 21.8 Å². The van der Waals surface area contributed by atoms with E-state index in [1.54, 1.807) is 60.7 Å². The van der Waals surface area contributed by atoms with E-state index < -0.39 is 17.5 Å². The van der Waals surface area contributed by atoms with Gasteiger partial charge in [0, 0.05) is 22.6 Å². The van der Waals surface area contributed by atoms with Crippen molar-refractivity contribution in [1.29, 1.82) is 0 Å². The molecule has 0 amide bonds. The molecule has 0 aliphatic carbocycles. The molecule has 4 aromatic rings. The molecule has 0 bridgehead atoms. The van der Waals surface area contributed by atoms with E-state index in [1.807, 2.05) is 37.3 Å². The molecule has 0 radical (unpaired) electrons. The summed E-state index contributed by atoms with van der Waals surface area (Å²) in [6.45, 7) is 1.82. The van der Waals surface area contributed by atoms with E-state index in [4.69, 9.17) is 0 Å². The molecule has 0 aliphatic rings. The summed E-state index contributed by atoms with van der Waals surface area (Å²) in [5.41, 5.74) is 1.70. The van der Waals surface area contributed by atoms with Crippen molar-refractivity contribution in [1.82, 2.24) is 0 Å². The van der Waals surface area contributed by atoms with Gasteiger partial charge in [0.1, 0.15) is 11.5 Å². The molecule has 2 N–H and O–H groups in total. The molecule has 0 saturated carbocycles. The molecule has 0 heterocycles.